The molecule has 2 atom stereocenters. The first kappa shape index (κ1) is 24.2. The summed E-state index contributed by atoms with van der Waals surface area (Å²) in [5.41, 5.74) is 3.10. The zero-order valence-electron chi connectivity index (χ0n) is 20.3. The van der Waals surface area contributed by atoms with Crippen LogP contribution in [0, 0.1) is 0 Å². The number of benzene rings is 1. The summed E-state index contributed by atoms with van der Waals surface area (Å²) in [5.74, 6) is 1.60. The van der Waals surface area contributed by atoms with Crippen molar-refractivity contribution in [3.63, 3.8) is 0 Å². The smallest absolute Gasteiger partial charge is 0.195 e. The minimum absolute atomic E-state index is 0.0190. The predicted molar refractivity (Wildman–Crippen MR) is 138 cm³/mol. The third-order valence-corrected chi connectivity index (χ3v) is 8.22. The molecule has 0 saturated carbocycles. The van der Waals surface area contributed by atoms with Crippen LogP contribution in [0.15, 0.2) is 59.9 Å². The summed E-state index contributed by atoms with van der Waals surface area (Å²) in [4.78, 5) is 18.8. The highest BCUT2D eigenvalue weighted by atomic mass is 32.2. The van der Waals surface area contributed by atoms with Crippen LogP contribution in [0.4, 0.5) is 5.69 Å². The van der Waals surface area contributed by atoms with Crippen molar-refractivity contribution in [2.75, 3.05) is 17.2 Å². The second kappa shape index (κ2) is 9.87. The number of rotatable bonds is 8. The number of H-pyrrole nitrogens is 1. The Labute approximate surface area is 210 Å². The molecule has 1 fully saturated rings. The van der Waals surface area contributed by atoms with Crippen molar-refractivity contribution in [2.24, 2.45) is 0 Å². The van der Waals surface area contributed by atoms with E-state index in [1.54, 1.807) is 19.2 Å². The molecular weight excluding hydrogens is 478 g/mol. The van der Waals surface area contributed by atoms with Gasteiger partial charge in [-0.25, -0.2) is 18.4 Å². The molecule has 4 heterocycles. The highest BCUT2D eigenvalue weighted by molar-refractivity contribution is 7.91. The van der Waals surface area contributed by atoms with Gasteiger partial charge in [0, 0.05) is 18.8 Å². The summed E-state index contributed by atoms with van der Waals surface area (Å²) in [5, 5.41) is 10.7. The zero-order chi connectivity index (χ0) is 25.3. The number of aromatic nitrogens is 4. The topological polar surface area (TPSA) is 121 Å². The minimum Gasteiger partial charge on any atom is -0.453 e. The molecule has 1 aliphatic heterocycles. The average molecular weight is 508 g/mol. The summed E-state index contributed by atoms with van der Waals surface area (Å²) in [6, 6.07) is 12.5. The normalized spacial score (nSPS) is 17.0. The van der Waals surface area contributed by atoms with E-state index in [9.17, 15) is 13.5 Å². The molecule has 0 aliphatic carbocycles. The molecule has 1 saturated heterocycles. The Morgan fingerprint density at radius 3 is 2.75 bits per heavy atom. The van der Waals surface area contributed by atoms with Crippen LogP contribution in [0.5, 0.6) is 11.5 Å². The van der Waals surface area contributed by atoms with E-state index in [-0.39, 0.29) is 16.8 Å². The van der Waals surface area contributed by atoms with E-state index in [4.69, 9.17) is 9.72 Å². The molecule has 0 spiro atoms. The number of aliphatic hydroxyl groups excluding tert-OH is 1. The Balaban J connectivity index is 1.57. The van der Waals surface area contributed by atoms with Gasteiger partial charge in [-0.05, 0) is 49.6 Å². The number of nitrogens with zero attached hydrogens (tertiary/aromatic N) is 4. The number of aliphatic hydroxyl groups is 1. The Morgan fingerprint density at radius 2 is 2.06 bits per heavy atom. The molecule has 36 heavy (non-hydrogen) atoms. The van der Waals surface area contributed by atoms with Gasteiger partial charge in [-0.15, -0.1) is 0 Å². The highest BCUT2D eigenvalue weighted by Gasteiger charge is 2.32. The number of fused-ring (bicyclic) bond motifs is 1. The van der Waals surface area contributed by atoms with E-state index in [2.05, 4.69) is 19.9 Å². The Morgan fingerprint density at radius 1 is 1.19 bits per heavy atom. The van der Waals surface area contributed by atoms with Crippen LogP contribution in [0.3, 0.4) is 0 Å². The summed E-state index contributed by atoms with van der Waals surface area (Å²) >= 11 is 0. The molecule has 0 radical (unpaired) electrons. The molecule has 1 aliphatic rings. The number of hydrogen-bond donors (Lipinski definition) is 2. The maximum absolute atomic E-state index is 12.1. The number of nitrogens with one attached hydrogen (secondary N) is 1. The van der Waals surface area contributed by atoms with Gasteiger partial charge in [-0.2, -0.15) is 0 Å². The summed E-state index contributed by atoms with van der Waals surface area (Å²) in [6.45, 7) is 4.35. The number of hydrogen-bond acceptors (Lipinski definition) is 8. The molecule has 1 unspecified atom stereocenters. The minimum atomic E-state index is -3.40. The largest absolute Gasteiger partial charge is 0.453 e. The number of pyridine rings is 2. The second-order valence-corrected chi connectivity index (χ2v) is 11.1. The predicted octanol–water partition coefficient (Wildman–Crippen LogP) is 4.35. The van der Waals surface area contributed by atoms with E-state index < -0.39 is 15.9 Å². The van der Waals surface area contributed by atoms with Crippen LogP contribution >= 0.6 is 0 Å². The first-order valence-corrected chi connectivity index (χ1v) is 13.8. The van der Waals surface area contributed by atoms with Gasteiger partial charge in [0.15, 0.2) is 26.4 Å². The SMILES string of the molecule is CCC(O)[C@H]1CCCN1c1cc2[nH]c(-c3ccccn3)nc2cc1Oc1ccc(S(=O)(=O)CC)nc1. The van der Waals surface area contributed by atoms with Crippen LogP contribution in [-0.2, 0) is 9.84 Å². The number of ether oxygens (including phenoxy) is 1. The number of aromatic amines is 1. The molecule has 0 bridgehead atoms. The van der Waals surface area contributed by atoms with Gasteiger partial charge in [-0.3, -0.25) is 4.98 Å². The van der Waals surface area contributed by atoms with Gasteiger partial charge in [0.1, 0.15) is 11.4 Å². The Bertz CT molecular complexity index is 1460. The van der Waals surface area contributed by atoms with Crippen molar-refractivity contribution in [1.29, 1.82) is 0 Å². The van der Waals surface area contributed by atoms with E-state index in [1.165, 1.54) is 12.3 Å². The molecule has 10 heteroatoms. The maximum Gasteiger partial charge on any atom is 0.195 e. The summed E-state index contributed by atoms with van der Waals surface area (Å²) in [7, 11) is -3.40. The molecule has 9 nitrogen and oxygen atoms in total. The Kier molecular flexibility index (Phi) is 6.63. The lowest BCUT2D eigenvalue weighted by Crippen LogP contribution is -2.38. The van der Waals surface area contributed by atoms with E-state index >= 15 is 0 Å². The third-order valence-electron chi connectivity index (χ3n) is 6.58. The van der Waals surface area contributed by atoms with Crippen LogP contribution in [0.2, 0.25) is 0 Å². The van der Waals surface area contributed by atoms with Crippen molar-refractivity contribution in [2.45, 2.75) is 50.3 Å². The van der Waals surface area contributed by atoms with E-state index in [1.807, 2.05) is 37.3 Å². The van der Waals surface area contributed by atoms with Crippen LogP contribution in [0.25, 0.3) is 22.6 Å². The zero-order valence-corrected chi connectivity index (χ0v) is 21.1. The fraction of sp³-hybridized carbons (Fsp3) is 0.346. The standard InChI is InChI=1S/C26H29N5O4S/c1-3-23(32)21-9-7-13-31(21)22-14-19-20(30-26(29-19)18-8-5-6-12-27-18)15-24(22)35-17-10-11-25(28-16-17)36(33,34)4-2/h5-6,8,10-12,14-16,21,23,32H,3-4,7,9,13H2,1-2H3,(H,29,30)/t21-,23?/m1/s1. The molecule has 188 valence electrons. The van der Waals surface area contributed by atoms with Crippen molar-refractivity contribution in [3.05, 3.63) is 54.9 Å². The number of imidazole rings is 1. The van der Waals surface area contributed by atoms with Crippen molar-refractivity contribution >= 4 is 26.6 Å². The van der Waals surface area contributed by atoms with E-state index in [0.29, 0.717) is 29.3 Å². The van der Waals surface area contributed by atoms with Gasteiger partial charge in [0.2, 0.25) is 0 Å². The van der Waals surface area contributed by atoms with Crippen molar-refractivity contribution < 1.29 is 18.3 Å². The van der Waals surface area contributed by atoms with Gasteiger partial charge in [0.05, 0.1) is 40.8 Å². The van der Waals surface area contributed by atoms with Gasteiger partial charge < -0.3 is 19.7 Å². The monoisotopic (exact) mass is 507 g/mol. The molecule has 0 amide bonds. The molecule has 3 aromatic heterocycles. The van der Waals surface area contributed by atoms with Crippen LogP contribution in [-0.4, -0.2) is 57.9 Å². The van der Waals surface area contributed by atoms with Crippen molar-refractivity contribution in [1.82, 2.24) is 19.9 Å². The van der Waals surface area contributed by atoms with Gasteiger partial charge >= 0.3 is 0 Å². The lowest BCUT2D eigenvalue weighted by atomic mass is 10.1. The fourth-order valence-corrected chi connectivity index (χ4v) is 5.39. The van der Waals surface area contributed by atoms with Gasteiger partial charge in [-0.1, -0.05) is 19.9 Å². The highest BCUT2D eigenvalue weighted by Crippen LogP contribution is 2.40. The Hall–Kier alpha value is -3.50. The average Bonchev–Trinajstić information content (AvgIpc) is 3.56. The van der Waals surface area contributed by atoms with Crippen LogP contribution in [0.1, 0.15) is 33.1 Å². The maximum atomic E-state index is 12.1. The molecule has 1 aromatic carbocycles. The third kappa shape index (κ3) is 4.66. The van der Waals surface area contributed by atoms with E-state index in [0.717, 1.165) is 36.3 Å². The molecule has 2 N–H and O–H groups in total. The number of anilines is 1. The lowest BCUT2D eigenvalue weighted by Gasteiger charge is -2.31. The lowest BCUT2D eigenvalue weighted by molar-refractivity contribution is 0.141. The second-order valence-electron chi connectivity index (χ2n) is 8.85. The van der Waals surface area contributed by atoms with Crippen LogP contribution < -0.4 is 9.64 Å². The molecule has 5 rings (SSSR count). The first-order chi connectivity index (χ1) is 17.4. The van der Waals surface area contributed by atoms with Crippen molar-refractivity contribution in [3.8, 4) is 23.0 Å². The summed E-state index contributed by atoms with van der Waals surface area (Å²) in [6.07, 6.45) is 5.20. The number of sulfone groups is 1. The summed E-state index contributed by atoms with van der Waals surface area (Å²) < 4.78 is 30.5. The quantitative estimate of drug-likeness (QED) is 0.361. The first-order valence-electron chi connectivity index (χ1n) is 12.2. The molecular formula is C26H29N5O4S. The fourth-order valence-electron chi connectivity index (χ4n) is 4.61. The molecule has 4 aromatic rings. The van der Waals surface area contributed by atoms with Gasteiger partial charge in [0.25, 0.3) is 0 Å².